The van der Waals surface area contributed by atoms with E-state index in [1.54, 1.807) is 54.2 Å². The first kappa shape index (κ1) is 36.3. The van der Waals surface area contributed by atoms with Gasteiger partial charge in [0.25, 0.3) is 6.43 Å². The Bertz CT molecular complexity index is 1810. The van der Waals surface area contributed by atoms with E-state index in [2.05, 4.69) is 10.3 Å². The largest absolute Gasteiger partial charge is 0.497 e. The fraction of sp³-hybridized carbons (Fsp3) is 0.528. The number of aromatic nitrogens is 3. The van der Waals surface area contributed by atoms with Gasteiger partial charge in [-0.15, -0.1) is 5.10 Å². The lowest BCUT2D eigenvalue weighted by Gasteiger charge is -2.43. The Kier molecular flexibility index (Phi) is 10.7. The number of likely N-dealkylation sites (tertiary alicyclic amines) is 1. The van der Waals surface area contributed by atoms with Crippen molar-refractivity contribution < 1.29 is 42.1 Å². The van der Waals surface area contributed by atoms with Crippen LogP contribution in [0.1, 0.15) is 79.6 Å². The highest BCUT2D eigenvalue weighted by atomic mass is 35.5. The van der Waals surface area contributed by atoms with Gasteiger partial charge in [0.1, 0.15) is 41.9 Å². The molecule has 3 aromatic rings. The van der Waals surface area contributed by atoms with Crippen LogP contribution in [-0.2, 0) is 45.8 Å². The third-order valence-electron chi connectivity index (χ3n) is 10.5. The van der Waals surface area contributed by atoms with Crippen molar-refractivity contribution in [2.45, 2.75) is 71.1 Å². The number of alkyl halides is 2. The van der Waals surface area contributed by atoms with Crippen LogP contribution >= 0.6 is 11.6 Å². The quantitative estimate of drug-likeness (QED) is 0.219. The van der Waals surface area contributed by atoms with Gasteiger partial charge in [-0.3, -0.25) is 14.4 Å². The van der Waals surface area contributed by atoms with Crippen molar-refractivity contribution in [3.8, 4) is 17.2 Å². The Balaban J connectivity index is 1.29. The van der Waals surface area contributed by atoms with E-state index >= 15 is 0 Å². The molecular weight excluding hydrogens is 688 g/mol. The number of aryl methyl sites for hydroxylation is 1. The van der Waals surface area contributed by atoms with Crippen molar-refractivity contribution in [3.05, 3.63) is 63.4 Å². The maximum absolute atomic E-state index is 14.7. The molecule has 51 heavy (non-hydrogen) atoms. The number of amides is 2. The van der Waals surface area contributed by atoms with E-state index in [0.29, 0.717) is 85.0 Å². The minimum atomic E-state index is -2.81. The third-order valence-corrected chi connectivity index (χ3v) is 10.9. The Morgan fingerprint density at radius 3 is 2.57 bits per heavy atom. The number of hydrogen-bond donors (Lipinski definition) is 0. The second kappa shape index (κ2) is 15.0. The van der Waals surface area contributed by atoms with E-state index in [-0.39, 0.29) is 43.0 Å². The molecule has 274 valence electrons. The number of carbonyl (C=O) groups excluding carboxylic acids is 3. The standard InChI is InChI=1S/C36H42ClF2N5O7/c1-36(35(47)51-19-21-9-10-22(48-3)17-29(21)49-4)14-5-7-24(36)34(46)44-16-13-23-25(37)11-12-28(31(23)27(44)18-43-15-6-8-30(43)45)50-20-26-32(33(38)39)42(2)41-40-26/h9-12,17,24,27,33H,5-8,13-16,18-20H2,1-4H3/t24-,27+,36-/m0/s1. The van der Waals surface area contributed by atoms with Crippen LogP contribution in [-0.4, -0.2) is 76.4 Å². The summed E-state index contributed by atoms with van der Waals surface area (Å²) in [4.78, 5) is 45.0. The van der Waals surface area contributed by atoms with Gasteiger partial charge in [-0.25, -0.2) is 13.5 Å². The zero-order chi connectivity index (χ0) is 36.4. The summed E-state index contributed by atoms with van der Waals surface area (Å²) in [7, 11) is 4.46. The van der Waals surface area contributed by atoms with Crippen LogP contribution in [0.15, 0.2) is 30.3 Å². The summed E-state index contributed by atoms with van der Waals surface area (Å²) in [5, 5.41) is 8.09. The Labute approximate surface area is 299 Å². The molecule has 15 heteroatoms. The van der Waals surface area contributed by atoms with E-state index in [4.69, 9.17) is 30.5 Å². The average Bonchev–Trinajstić information content (AvgIpc) is 3.84. The molecule has 0 unspecified atom stereocenters. The molecule has 3 atom stereocenters. The van der Waals surface area contributed by atoms with Gasteiger partial charge < -0.3 is 28.7 Å². The highest BCUT2D eigenvalue weighted by Crippen LogP contribution is 2.48. The van der Waals surface area contributed by atoms with Gasteiger partial charge >= 0.3 is 5.97 Å². The number of rotatable bonds is 12. The van der Waals surface area contributed by atoms with Gasteiger partial charge in [0.15, 0.2) is 0 Å². The molecule has 0 spiro atoms. The molecule has 1 saturated carbocycles. The van der Waals surface area contributed by atoms with E-state index in [1.165, 1.54) is 14.2 Å². The SMILES string of the molecule is COc1ccc(COC(=O)[C@@]2(C)CCC[C@H]2C(=O)N2CCc3c(Cl)ccc(OCc4nnn(C)c4C(F)F)c3[C@H]2CN2CCCC2=O)c(OC)c1. The van der Waals surface area contributed by atoms with Crippen LogP contribution in [0.4, 0.5) is 8.78 Å². The summed E-state index contributed by atoms with van der Waals surface area (Å²) < 4.78 is 51.4. The first-order valence-electron chi connectivity index (χ1n) is 17.0. The molecule has 0 radical (unpaired) electrons. The predicted molar refractivity (Wildman–Crippen MR) is 181 cm³/mol. The van der Waals surface area contributed by atoms with Gasteiger partial charge in [-0.2, -0.15) is 0 Å². The summed E-state index contributed by atoms with van der Waals surface area (Å²) in [5.41, 5.74) is 0.551. The Hall–Kier alpha value is -4.46. The molecule has 3 heterocycles. The number of halogens is 3. The first-order chi connectivity index (χ1) is 24.5. The summed E-state index contributed by atoms with van der Waals surface area (Å²) in [5.74, 6) is 0.0451. The van der Waals surface area contributed by atoms with Crippen molar-refractivity contribution in [2.24, 2.45) is 18.4 Å². The number of nitrogens with zero attached hydrogens (tertiary/aromatic N) is 5. The lowest BCUT2D eigenvalue weighted by atomic mass is 9.78. The third kappa shape index (κ3) is 7.07. The molecule has 3 aliphatic rings. The summed E-state index contributed by atoms with van der Waals surface area (Å²) in [6, 6.07) is 7.89. The van der Waals surface area contributed by atoms with Crippen LogP contribution < -0.4 is 14.2 Å². The van der Waals surface area contributed by atoms with Crippen LogP contribution in [0.25, 0.3) is 0 Å². The number of fused-ring (bicyclic) bond motifs is 1. The van der Waals surface area contributed by atoms with Crippen LogP contribution in [0.3, 0.4) is 0 Å². The van der Waals surface area contributed by atoms with Gasteiger partial charge in [0.2, 0.25) is 11.8 Å². The zero-order valence-corrected chi connectivity index (χ0v) is 29.9. The predicted octanol–water partition coefficient (Wildman–Crippen LogP) is 5.60. The van der Waals surface area contributed by atoms with Crippen molar-refractivity contribution in [1.82, 2.24) is 24.8 Å². The molecule has 1 aromatic heterocycles. The van der Waals surface area contributed by atoms with E-state index in [1.807, 2.05) is 0 Å². The van der Waals surface area contributed by atoms with Crippen LogP contribution in [0.5, 0.6) is 17.2 Å². The topological polar surface area (TPSA) is 125 Å². The number of carbonyl (C=O) groups is 3. The smallest absolute Gasteiger partial charge is 0.312 e. The minimum absolute atomic E-state index is 0.0151. The maximum Gasteiger partial charge on any atom is 0.312 e. The van der Waals surface area contributed by atoms with E-state index < -0.39 is 29.8 Å². The normalized spacial score (nSPS) is 21.6. The van der Waals surface area contributed by atoms with E-state index in [9.17, 15) is 23.2 Å². The van der Waals surface area contributed by atoms with Crippen LogP contribution in [0, 0.1) is 11.3 Å². The number of esters is 1. The number of ether oxygens (including phenoxy) is 4. The summed E-state index contributed by atoms with van der Waals surface area (Å²) >= 11 is 6.74. The first-order valence-corrected chi connectivity index (χ1v) is 17.4. The minimum Gasteiger partial charge on any atom is -0.497 e. The molecule has 2 amide bonds. The molecule has 1 aliphatic carbocycles. The van der Waals surface area contributed by atoms with Crippen molar-refractivity contribution in [3.63, 3.8) is 0 Å². The molecule has 0 N–H and O–H groups in total. The summed E-state index contributed by atoms with van der Waals surface area (Å²) in [6.45, 7) is 2.45. The Morgan fingerprint density at radius 1 is 1.06 bits per heavy atom. The highest BCUT2D eigenvalue weighted by Gasteiger charge is 2.52. The van der Waals surface area contributed by atoms with Crippen molar-refractivity contribution in [2.75, 3.05) is 33.9 Å². The van der Waals surface area contributed by atoms with Gasteiger partial charge in [-0.05, 0) is 62.4 Å². The molecule has 12 nitrogen and oxygen atoms in total. The molecule has 2 fully saturated rings. The molecule has 1 saturated heterocycles. The number of benzene rings is 2. The average molecular weight is 730 g/mol. The molecule has 6 rings (SSSR count). The lowest BCUT2D eigenvalue weighted by molar-refractivity contribution is -0.164. The van der Waals surface area contributed by atoms with Gasteiger partial charge in [0, 0.05) is 55.3 Å². The fourth-order valence-corrected chi connectivity index (χ4v) is 7.93. The van der Waals surface area contributed by atoms with Gasteiger partial charge in [0.05, 0.1) is 31.6 Å². The molecule has 2 aliphatic heterocycles. The van der Waals surface area contributed by atoms with Crippen molar-refractivity contribution in [1.29, 1.82) is 0 Å². The maximum atomic E-state index is 14.7. The van der Waals surface area contributed by atoms with Crippen molar-refractivity contribution >= 4 is 29.4 Å². The Morgan fingerprint density at radius 2 is 1.86 bits per heavy atom. The van der Waals surface area contributed by atoms with Crippen LogP contribution in [0.2, 0.25) is 5.02 Å². The summed E-state index contributed by atoms with van der Waals surface area (Å²) in [6.07, 6.45) is 0.276. The molecular formula is C36H42ClF2N5O7. The highest BCUT2D eigenvalue weighted by molar-refractivity contribution is 6.31. The molecule has 0 bridgehead atoms. The lowest BCUT2D eigenvalue weighted by Crippen LogP contribution is -2.50. The fourth-order valence-electron chi connectivity index (χ4n) is 7.67. The number of methoxy groups -OCH3 is 2. The zero-order valence-electron chi connectivity index (χ0n) is 29.1. The van der Waals surface area contributed by atoms with E-state index in [0.717, 1.165) is 10.2 Å². The molecule has 2 aromatic carbocycles. The second-order valence-corrected chi connectivity index (χ2v) is 13.8. The monoisotopic (exact) mass is 729 g/mol. The van der Waals surface area contributed by atoms with Gasteiger partial charge in [-0.1, -0.05) is 23.2 Å². The second-order valence-electron chi connectivity index (χ2n) is 13.4. The number of hydrogen-bond acceptors (Lipinski definition) is 9.